The van der Waals surface area contributed by atoms with Crippen molar-refractivity contribution in [1.29, 1.82) is 0 Å². The van der Waals surface area contributed by atoms with Gasteiger partial charge in [-0.1, -0.05) is 0 Å². The largest absolute Gasteiger partial charge is 0.586 e. The molecule has 0 aliphatic carbocycles. The second kappa shape index (κ2) is 6.39. The summed E-state index contributed by atoms with van der Waals surface area (Å²) in [4.78, 5) is 26.1. The first-order valence-electron chi connectivity index (χ1n) is 8.20. The fourth-order valence-corrected chi connectivity index (χ4v) is 3.13. The summed E-state index contributed by atoms with van der Waals surface area (Å²) in [5, 5.41) is 2.45. The number of alkyl halides is 2. The highest BCUT2D eigenvalue weighted by Crippen LogP contribution is 2.42. The van der Waals surface area contributed by atoms with E-state index in [2.05, 4.69) is 14.8 Å². The first-order chi connectivity index (χ1) is 13.2. The maximum absolute atomic E-state index is 13.4. The molecule has 2 aromatic rings. The number of halogens is 4. The van der Waals surface area contributed by atoms with Crippen molar-refractivity contribution >= 4 is 23.2 Å². The molecule has 2 aliphatic rings. The molecule has 6 nitrogen and oxygen atoms in total. The molecule has 10 heteroatoms. The maximum Gasteiger partial charge on any atom is 0.586 e. The van der Waals surface area contributed by atoms with Crippen LogP contribution >= 0.6 is 0 Å². The van der Waals surface area contributed by atoms with Crippen LogP contribution in [0.15, 0.2) is 36.4 Å². The van der Waals surface area contributed by atoms with Crippen LogP contribution in [0.25, 0.3) is 0 Å². The summed E-state index contributed by atoms with van der Waals surface area (Å²) in [6.07, 6.45) is -3.65. The SMILES string of the molecule is O=C(Nc1ccc2c(c1)OC(F)(F)O2)[C@@H]1CCN(c2cc(F)cc(F)c2)C1=O. The van der Waals surface area contributed by atoms with Crippen molar-refractivity contribution in [1.82, 2.24) is 0 Å². The van der Waals surface area contributed by atoms with Crippen LogP contribution in [0, 0.1) is 17.6 Å². The lowest BCUT2D eigenvalue weighted by molar-refractivity contribution is -0.286. The number of carbonyl (C=O) groups excluding carboxylic acids is 2. The summed E-state index contributed by atoms with van der Waals surface area (Å²) in [6.45, 7) is 0.104. The molecule has 0 saturated carbocycles. The van der Waals surface area contributed by atoms with Crippen LogP contribution < -0.4 is 19.7 Å². The first-order valence-corrected chi connectivity index (χ1v) is 8.20. The van der Waals surface area contributed by atoms with Gasteiger partial charge in [0.25, 0.3) is 0 Å². The number of benzene rings is 2. The monoisotopic (exact) mass is 396 g/mol. The van der Waals surface area contributed by atoms with Gasteiger partial charge < -0.3 is 19.7 Å². The van der Waals surface area contributed by atoms with Crippen LogP contribution in [0.5, 0.6) is 11.5 Å². The Morgan fingerprint density at radius 3 is 2.46 bits per heavy atom. The molecule has 1 N–H and O–H groups in total. The topological polar surface area (TPSA) is 67.9 Å². The third kappa shape index (κ3) is 3.32. The fourth-order valence-electron chi connectivity index (χ4n) is 3.13. The third-order valence-corrected chi connectivity index (χ3v) is 4.35. The number of anilines is 2. The van der Waals surface area contributed by atoms with Crippen LogP contribution in [0.4, 0.5) is 28.9 Å². The number of rotatable bonds is 3. The van der Waals surface area contributed by atoms with Crippen molar-refractivity contribution in [2.24, 2.45) is 5.92 Å². The number of carbonyl (C=O) groups is 2. The predicted molar refractivity (Wildman–Crippen MR) is 88.1 cm³/mol. The molecule has 1 fully saturated rings. The Morgan fingerprint density at radius 1 is 1.07 bits per heavy atom. The maximum atomic E-state index is 13.4. The van der Waals surface area contributed by atoms with Crippen molar-refractivity contribution in [3.8, 4) is 11.5 Å². The second-order valence-electron chi connectivity index (χ2n) is 6.28. The minimum atomic E-state index is -3.78. The lowest BCUT2D eigenvalue weighted by Gasteiger charge is -2.17. The van der Waals surface area contributed by atoms with E-state index in [9.17, 15) is 27.2 Å². The molecule has 2 heterocycles. The number of nitrogens with one attached hydrogen (secondary N) is 1. The molecule has 0 aromatic heterocycles. The minimum Gasteiger partial charge on any atom is -0.395 e. The highest BCUT2D eigenvalue weighted by Gasteiger charge is 2.43. The van der Waals surface area contributed by atoms with Crippen molar-refractivity contribution in [3.05, 3.63) is 48.0 Å². The van der Waals surface area contributed by atoms with Gasteiger partial charge in [0.15, 0.2) is 11.5 Å². The van der Waals surface area contributed by atoms with Crippen molar-refractivity contribution < 1.29 is 36.6 Å². The lowest BCUT2D eigenvalue weighted by Crippen LogP contribution is -2.33. The van der Waals surface area contributed by atoms with Crippen LogP contribution in [-0.2, 0) is 9.59 Å². The second-order valence-corrected chi connectivity index (χ2v) is 6.28. The smallest absolute Gasteiger partial charge is 0.395 e. The van der Waals surface area contributed by atoms with Crippen molar-refractivity contribution in [3.63, 3.8) is 0 Å². The summed E-state index contributed by atoms with van der Waals surface area (Å²) in [5.74, 6) is -4.49. The number of ether oxygens (including phenoxy) is 2. The molecule has 2 aromatic carbocycles. The van der Waals surface area contributed by atoms with E-state index in [4.69, 9.17) is 0 Å². The lowest BCUT2D eigenvalue weighted by atomic mass is 10.1. The quantitative estimate of drug-likeness (QED) is 0.639. The van der Waals surface area contributed by atoms with Crippen LogP contribution in [-0.4, -0.2) is 24.7 Å². The van der Waals surface area contributed by atoms with Crippen molar-refractivity contribution in [2.45, 2.75) is 12.7 Å². The van der Waals surface area contributed by atoms with E-state index in [0.717, 1.165) is 23.1 Å². The van der Waals surface area contributed by atoms with E-state index in [1.54, 1.807) is 0 Å². The molecule has 28 heavy (non-hydrogen) atoms. The zero-order valence-electron chi connectivity index (χ0n) is 14.0. The molecule has 0 spiro atoms. The van der Waals surface area contributed by atoms with Gasteiger partial charge in [-0.15, -0.1) is 8.78 Å². The first kappa shape index (κ1) is 18.1. The van der Waals surface area contributed by atoms with E-state index in [0.29, 0.717) is 6.07 Å². The van der Waals surface area contributed by atoms with Gasteiger partial charge in [0.1, 0.15) is 17.6 Å². The predicted octanol–water partition coefficient (Wildman–Crippen LogP) is 3.28. The van der Waals surface area contributed by atoms with Gasteiger partial charge >= 0.3 is 6.29 Å². The number of hydrogen-bond acceptors (Lipinski definition) is 4. The van der Waals surface area contributed by atoms with Gasteiger partial charge in [-0.3, -0.25) is 9.59 Å². The van der Waals surface area contributed by atoms with Gasteiger partial charge in [0.05, 0.1) is 0 Å². The van der Waals surface area contributed by atoms with Gasteiger partial charge in [0.2, 0.25) is 11.8 Å². The Kier molecular flexibility index (Phi) is 4.13. The Labute approximate surface area is 155 Å². The molecule has 0 bridgehead atoms. The molecular weight excluding hydrogens is 384 g/mol. The van der Waals surface area contributed by atoms with Crippen LogP contribution in [0.2, 0.25) is 0 Å². The number of nitrogens with zero attached hydrogens (tertiary/aromatic N) is 1. The fraction of sp³-hybridized carbons (Fsp3) is 0.222. The van der Waals surface area contributed by atoms with Crippen LogP contribution in [0.1, 0.15) is 6.42 Å². The highest BCUT2D eigenvalue weighted by molar-refractivity contribution is 6.13. The van der Waals surface area contributed by atoms with E-state index < -0.39 is 35.7 Å². The normalized spacial score (nSPS) is 19.8. The van der Waals surface area contributed by atoms with Gasteiger partial charge in [-0.25, -0.2) is 8.78 Å². The summed E-state index contributed by atoms with van der Waals surface area (Å²) >= 11 is 0. The van der Waals surface area contributed by atoms with E-state index in [1.807, 2.05) is 0 Å². The summed E-state index contributed by atoms with van der Waals surface area (Å²) in [6, 6.07) is 6.34. The zero-order valence-corrected chi connectivity index (χ0v) is 14.0. The molecular formula is C18H12F4N2O4. The standard InChI is InChI=1S/C18H12F4N2O4/c19-9-5-10(20)7-12(6-9)24-4-3-13(17(24)26)16(25)23-11-1-2-14-15(8-11)28-18(21,22)27-14/h1-2,5-8,13H,3-4H2,(H,23,25)/t13-/m0/s1. The minimum absolute atomic E-state index is 0.0168. The molecule has 1 saturated heterocycles. The van der Waals surface area contributed by atoms with Gasteiger partial charge in [-0.2, -0.15) is 0 Å². The molecule has 4 rings (SSSR count). The number of fused-ring (bicyclic) bond motifs is 1. The summed E-state index contributed by atoms with van der Waals surface area (Å²) in [5.41, 5.74) is 0.149. The average molecular weight is 396 g/mol. The number of hydrogen-bond donors (Lipinski definition) is 1. The Morgan fingerprint density at radius 2 is 1.75 bits per heavy atom. The van der Waals surface area contributed by atoms with Gasteiger partial charge in [0, 0.05) is 30.1 Å². The van der Waals surface area contributed by atoms with E-state index in [-0.39, 0.29) is 35.8 Å². The van der Waals surface area contributed by atoms with E-state index >= 15 is 0 Å². The molecule has 0 unspecified atom stereocenters. The average Bonchev–Trinajstić information content (AvgIpc) is 3.11. The molecule has 0 radical (unpaired) electrons. The van der Waals surface area contributed by atoms with Crippen molar-refractivity contribution in [2.75, 3.05) is 16.8 Å². The van der Waals surface area contributed by atoms with E-state index in [1.165, 1.54) is 12.1 Å². The highest BCUT2D eigenvalue weighted by atomic mass is 19.3. The summed E-state index contributed by atoms with van der Waals surface area (Å²) < 4.78 is 61.4. The number of amides is 2. The molecule has 1 atom stereocenters. The third-order valence-electron chi connectivity index (χ3n) is 4.35. The molecule has 2 amide bonds. The Bertz CT molecular complexity index is 962. The molecule has 2 aliphatic heterocycles. The Balaban J connectivity index is 1.47. The van der Waals surface area contributed by atoms with Crippen LogP contribution in [0.3, 0.4) is 0 Å². The zero-order chi connectivity index (χ0) is 20.1. The van der Waals surface area contributed by atoms with Gasteiger partial charge in [-0.05, 0) is 30.7 Å². The molecule has 146 valence electrons. The summed E-state index contributed by atoms with van der Waals surface area (Å²) in [7, 11) is 0. The Hall–Kier alpha value is -3.30.